The van der Waals surface area contributed by atoms with Crippen LogP contribution in [0.25, 0.3) is 0 Å². The highest BCUT2D eigenvalue weighted by Crippen LogP contribution is 2.38. The number of thioether (sulfide) groups is 1. The normalized spacial score (nSPS) is 31.5. The van der Waals surface area contributed by atoms with Gasteiger partial charge in [-0.1, -0.05) is 13.8 Å². The molecule has 1 saturated heterocycles. The Labute approximate surface area is 68.0 Å². The third-order valence-electron chi connectivity index (χ3n) is 1.63. The monoisotopic (exact) mass is 158 g/mol. The molecule has 1 aliphatic rings. The topological polar surface area (TPSA) is 12.0 Å². The maximum atomic E-state index is 3.38. The average Bonchev–Trinajstić information content (AvgIpc) is 2.10. The summed E-state index contributed by atoms with van der Waals surface area (Å²) in [4.78, 5) is 0. The molecule has 0 amide bonds. The van der Waals surface area contributed by atoms with Gasteiger partial charge in [-0.3, -0.25) is 5.32 Å². The molecule has 0 aromatic heterocycles. The van der Waals surface area contributed by atoms with Crippen LogP contribution in [0.1, 0.15) is 27.7 Å². The highest BCUT2D eigenvalue weighted by Gasteiger charge is 2.32. The Morgan fingerprint density at radius 1 is 1.50 bits per heavy atom. The lowest BCUT2D eigenvalue weighted by molar-refractivity contribution is 0.558. The van der Waals surface area contributed by atoms with Gasteiger partial charge < -0.3 is 0 Å². The van der Waals surface area contributed by atoms with E-state index in [4.69, 9.17) is 0 Å². The molecule has 1 atom stereocenters. The lowest BCUT2D eigenvalue weighted by atomic mass is 10.2. The van der Waals surface area contributed by atoms with Crippen LogP contribution in [0.3, 0.4) is 0 Å². The molecule has 1 rings (SSSR count). The van der Waals surface area contributed by atoms with Crippen LogP contribution < -0.4 is 5.32 Å². The van der Waals surface area contributed by atoms with E-state index in [-0.39, 0.29) is 0 Å². The summed E-state index contributed by atoms with van der Waals surface area (Å²) < 4.78 is 0.328. The van der Waals surface area contributed by atoms with Crippen LogP contribution >= 0.6 is 11.8 Å². The standard InChI is InChI=1S/C8H16NS/c1-6(2)7-9-5-8(3,4)10-7/h5-7,9H,1-4H3. The van der Waals surface area contributed by atoms with Gasteiger partial charge in [-0.2, -0.15) is 0 Å². The van der Waals surface area contributed by atoms with Crippen molar-refractivity contribution in [2.75, 3.05) is 0 Å². The van der Waals surface area contributed by atoms with Gasteiger partial charge in [0.1, 0.15) is 0 Å². The number of hydrogen-bond donors (Lipinski definition) is 1. The molecule has 1 aliphatic heterocycles. The van der Waals surface area contributed by atoms with Crippen molar-refractivity contribution >= 4 is 11.8 Å². The third-order valence-corrected chi connectivity index (χ3v) is 3.29. The van der Waals surface area contributed by atoms with Crippen LogP contribution in [0.5, 0.6) is 0 Å². The molecule has 0 aromatic rings. The summed E-state index contributed by atoms with van der Waals surface area (Å²) in [5.41, 5.74) is 0. The van der Waals surface area contributed by atoms with Crippen molar-refractivity contribution < 1.29 is 0 Å². The van der Waals surface area contributed by atoms with Crippen molar-refractivity contribution in [2.45, 2.75) is 37.8 Å². The van der Waals surface area contributed by atoms with Gasteiger partial charge >= 0.3 is 0 Å². The second-order valence-electron chi connectivity index (χ2n) is 3.70. The van der Waals surface area contributed by atoms with Crippen LogP contribution in [-0.4, -0.2) is 10.1 Å². The van der Waals surface area contributed by atoms with Gasteiger partial charge in [0.25, 0.3) is 0 Å². The molecule has 0 spiro atoms. The Balaban J connectivity index is 2.43. The van der Waals surface area contributed by atoms with E-state index < -0.39 is 0 Å². The van der Waals surface area contributed by atoms with E-state index in [0.29, 0.717) is 10.1 Å². The molecule has 2 heteroatoms. The molecule has 1 fully saturated rings. The summed E-state index contributed by atoms with van der Waals surface area (Å²) in [5.74, 6) is 0.725. The zero-order valence-electron chi connectivity index (χ0n) is 7.14. The minimum Gasteiger partial charge on any atom is -0.299 e. The first kappa shape index (κ1) is 8.41. The first-order chi connectivity index (χ1) is 4.51. The zero-order chi connectivity index (χ0) is 7.78. The Morgan fingerprint density at radius 3 is 2.30 bits per heavy atom. The van der Waals surface area contributed by atoms with Gasteiger partial charge in [0.2, 0.25) is 0 Å². The first-order valence-corrected chi connectivity index (χ1v) is 4.67. The van der Waals surface area contributed by atoms with E-state index in [0.717, 1.165) is 5.92 Å². The highest BCUT2D eigenvalue weighted by molar-refractivity contribution is 8.01. The predicted molar refractivity (Wildman–Crippen MR) is 47.7 cm³/mol. The Morgan fingerprint density at radius 2 is 2.10 bits per heavy atom. The molecule has 10 heavy (non-hydrogen) atoms. The molecule has 1 nitrogen and oxygen atoms in total. The molecule has 59 valence electrons. The van der Waals surface area contributed by atoms with Crippen LogP contribution in [-0.2, 0) is 0 Å². The molecule has 0 aliphatic carbocycles. The van der Waals surface area contributed by atoms with Gasteiger partial charge in [-0.25, -0.2) is 0 Å². The van der Waals surface area contributed by atoms with Crippen molar-refractivity contribution in [1.82, 2.24) is 5.32 Å². The minimum absolute atomic E-state index is 0.328. The second-order valence-corrected chi connectivity index (χ2v) is 5.49. The molecule has 0 bridgehead atoms. The maximum Gasteiger partial charge on any atom is 0.0564 e. The van der Waals surface area contributed by atoms with Gasteiger partial charge in [-0.05, 0) is 19.8 Å². The number of hydrogen-bond acceptors (Lipinski definition) is 2. The summed E-state index contributed by atoms with van der Waals surface area (Å²) >= 11 is 2.01. The molecule has 1 radical (unpaired) electrons. The van der Waals surface area contributed by atoms with Gasteiger partial charge in [0, 0.05) is 11.3 Å². The van der Waals surface area contributed by atoms with Crippen molar-refractivity contribution in [3.05, 3.63) is 6.54 Å². The van der Waals surface area contributed by atoms with Gasteiger partial charge in [0.15, 0.2) is 0 Å². The first-order valence-electron chi connectivity index (χ1n) is 3.79. The third kappa shape index (κ3) is 1.89. The quantitative estimate of drug-likeness (QED) is 0.628. The van der Waals surface area contributed by atoms with E-state index in [1.54, 1.807) is 0 Å². The van der Waals surface area contributed by atoms with Crippen molar-refractivity contribution in [3.8, 4) is 0 Å². The molecule has 1 N–H and O–H groups in total. The van der Waals surface area contributed by atoms with Crippen molar-refractivity contribution in [3.63, 3.8) is 0 Å². The summed E-state index contributed by atoms with van der Waals surface area (Å²) in [6.07, 6.45) is 0. The van der Waals surface area contributed by atoms with E-state index in [9.17, 15) is 0 Å². The summed E-state index contributed by atoms with van der Waals surface area (Å²) in [5, 5.41) is 4.00. The van der Waals surface area contributed by atoms with Crippen LogP contribution in [0.4, 0.5) is 0 Å². The van der Waals surface area contributed by atoms with Crippen LogP contribution in [0.15, 0.2) is 0 Å². The summed E-state index contributed by atoms with van der Waals surface area (Å²) in [6.45, 7) is 11.2. The second kappa shape index (κ2) is 2.74. The smallest absolute Gasteiger partial charge is 0.0564 e. The van der Waals surface area contributed by atoms with E-state index >= 15 is 0 Å². The van der Waals surface area contributed by atoms with Gasteiger partial charge in [-0.15, -0.1) is 11.8 Å². The fourth-order valence-electron chi connectivity index (χ4n) is 1.01. The molecule has 1 unspecified atom stereocenters. The number of nitrogens with one attached hydrogen (secondary N) is 1. The zero-order valence-corrected chi connectivity index (χ0v) is 7.96. The molecular weight excluding hydrogens is 142 g/mol. The Bertz CT molecular complexity index is 120. The highest BCUT2D eigenvalue weighted by atomic mass is 32.2. The summed E-state index contributed by atoms with van der Waals surface area (Å²) in [7, 11) is 0. The molecular formula is C8H16NS. The maximum absolute atomic E-state index is 3.38. The SMILES string of the molecule is CC(C)C1N[CH]C(C)(C)S1. The lowest BCUT2D eigenvalue weighted by Crippen LogP contribution is -2.22. The Kier molecular flexibility index (Phi) is 2.31. The van der Waals surface area contributed by atoms with Crippen molar-refractivity contribution in [1.29, 1.82) is 0 Å². The fraction of sp³-hybridized carbons (Fsp3) is 0.875. The van der Waals surface area contributed by atoms with E-state index in [1.807, 2.05) is 11.8 Å². The molecule has 0 aromatic carbocycles. The van der Waals surface area contributed by atoms with Gasteiger partial charge in [0.05, 0.1) is 5.37 Å². The molecule has 0 saturated carbocycles. The van der Waals surface area contributed by atoms with E-state index in [2.05, 4.69) is 39.6 Å². The largest absolute Gasteiger partial charge is 0.299 e. The fourth-order valence-corrected chi connectivity index (χ4v) is 2.21. The average molecular weight is 158 g/mol. The van der Waals surface area contributed by atoms with Crippen molar-refractivity contribution in [2.24, 2.45) is 5.92 Å². The summed E-state index contributed by atoms with van der Waals surface area (Å²) in [6, 6.07) is 0. The minimum atomic E-state index is 0.328. The predicted octanol–water partition coefficient (Wildman–Crippen LogP) is 2.25. The van der Waals surface area contributed by atoms with Crippen LogP contribution in [0, 0.1) is 12.5 Å². The molecule has 1 heterocycles. The number of rotatable bonds is 1. The van der Waals surface area contributed by atoms with Crippen LogP contribution in [0.2, 0.25) is 0 Å². The van der Waals surface area contributed by atoms with E-state index in [1.165, 1.54) is 0 Å². The Hall–Kier alpha value is 0.310. The lowest BCUT2D eigenvalue weighted by Gasteiger charge is -2.16.